The average Bonchev–Trinajstić information content (AvgIpc) is 2.77. The molecule has 9 heavy (non-hydrogen) atoms. The van der Waals surface area contributed by atoms with E-state index in [0.29, 0.717) is 0 Å². The van der Waals surface area contributed by atoms with E-state index in [-0.39, 0.29) is 13.2 Å². The topological polar surface area (TPSA) is 53.0 Å². The Morgan fingerprint density at radius 1 is 1.11 bits per heavy atom. The van der Waals surface area contributed by atoms with Crippen LogP contribution in [0.3, 0.4) is 0 Å². The zero-order chi connectivity index (χ0) is 7.54. The first-order valence-electron chi connectivity index (χ1n) is 2.71. The maximum Gasteiger partial charge on any atom is 0.0701 e. The molecule has 0 spiro atoms. The smallest absolute Gasteiger partial charge is 0.0701 e. The summed E-state index contributed by atoms with van der Waals surface area (Å²) >= 11 is 0. The molecule has 1 aliphatic heterocycles. The van der Waals surface area contributed by atoms with Gasteiger partial charge in [-0.1, -0.05) is 0 Å². The second-order valence-electron chi connectivity index (χ2n) is 1.06. The number of epoxide rings is 1. The average molecular weight is 134 g/mol. The molecule has 1 saturated heterocycles. The van der Waals surface area contributed by atoms with E-state index in [1.807, 2.05) is 0 Å². The molecule has 0 bridgehead atoms. The number of hydrogen-bond donors (Lipinski definition) is 2. The molecule has 0 atom stereocenters. The van der Waals surface area contributed by atoms with Crippen LogP contribution in [-0.2, 0) is 4.74 Å². The maximum atomic E-state index is 7.62. The van der Waals surface area contributed by atoms with Crippen LogP contribution in [0.4, 0.5) is 0 Å². The number of aliphatic hydroxyl groups excluding tert-OH is 2. The second kappa shape index (κ2) is 15.6. The number of rotatable bonds is 1. The zero-order valence-corrected chi connectivity index (χ0v) is 5.55. The molecule has 2 N–H and O–H groups in total. The monoisotopic (exact) mass is 134 g/mol. The SMILES string of the molecule is C1CO1.C=C.OCCO. The summed E-state index contributed by atoms with van der Waals surface area (Å²) in [5, 5.41) is 15.2. The van der Waals surface area contributed by atoms with E-state index in [1.165, 1.54) is 0 Å². The Morgan fingerprint density at radius 2 is 1.33 bits per heavy atom. The van der Waals surface area contributed by atoms with Gasteiger partial charge in [0.1, 0.15) is 0 Å². The number of hydrogen-bond acceptors (Lipinski definition) is 3. The highest BCUT2D eigenvalue weighted by Gasteiger charge is 1.94. The van der Waals surface area contributed by atoms with Gasteiger partial charge in [0.15, 0.2) is 0 Å². The van der Waals surface area contributed by atoms with E-state index >= 15 is 0 Å². The Kier molecular flexibility index (Phi) is 19.9. The molecule has 3 nitrogen and oxygen atoms in total. The van der Waals surface area contributed by atoms with E-state index in [2.05, 4.69) is 17.9 Å². The summed E-state index contributed by atoms with van der Waals surface area (Å²) in [5.41, 5.74) is 0. The van der Waals surface area contributed by atoms with Gasteiger partial charge in [0, 0.05) is 0 Å². The normalized spacial score (nSPS) is 11.8. The lowest BCUT2D eigenvalue weighted by Crippen LogP contribution is -1.85. The first-order valence-corrected chi connectivity index (χ1v) is 2.71. The fraction of sp³-hybridized carbons (Fsp3) is 0.667. The van der Waals surface area contributed by atoms with Gasteiger partial charge in [0.2, 0.25) is 0 Å². The molecule has 1 aliphatic rings. The summed E-state index contributed by atoms with van der Waals surface area (Å²) in [6, 6.07) is 0. The van der Waals surface area contributed by atoms with Crippen molar-refractivity contribution in [3.63, 3.8) is 0 Å². The fourth-order valence-electron chi connectivity index (χ4n) is 0. The van der Waals surface area contributed by atoms with Gasteiger partial charge in [-0.3, -0.25) is 0 Å². The predicted molar refractivity (Wildman–Crippen MR) is 36.2 cm³/mol. The standard InChI is InChI=1S/C2H6O2.C2H4O.C2H4/c3-1-2-4;1-2-3-1;1-2/h3-4H,1-2H2;1-2H2;1-2H2. The van der Waals surface area contributed by atoms with Gasteiger partial charge < -0.3 is 14.9 Å². The van der Waals surface area contributed by atoms with Crippen molar-refractivity contribution in [2.24, 2.45) is 0 Å². The van der Waals surface area contributed by atoms with Crippen LogP contribution < -0.4 is 0 Å². The highest BCUT2D eigenvalue weighted by atomic mass is 16.6. The van der Waals surface area contributed by atoms with Crippen LogP contribution in [0.2, 0.25) is 0 Å². The molecule has 0 saturated carbocycles. The van der Waals surface area contributed by atoms with Crippen LogP contribution in [0.1, 0.15) is 0 Å². The Balaban J connectivity index is 0. The van der Waals surface area contributed by atoms with Crippen molar-refractivity contribution >= 4 is 0 Å². The van der Waals surface area contributed by atoms with Crippen LogP contribution in [-0.4, -0.2) is 36.6 Å². The minimum atomic E-state index is -0.125. The molecule has 56 valence electrons. The van der Waals surface area contributed by atoms with Crippen molar-refractivity contribution in [2.75, 3.05) is 26.4 Å². The van der Waals surface area contributed by atoms with Crippen molar-refractivity contribution in [2.45, 2.75) is 0 Å². The third-order valence-electron chi connectivity index (χ3n) is 0.304. The molecular formula is C6H14O3. The van der Waals surface area contributed by atoms with Crippen molar-refractivity contribution in [1.82, 2.24) is 0 Å². The lowest BCUT2D eigenvalue weighted by Gasteiger charge is -1.70. The van der Waals surface area contributed by atoms with Crippen molar-refractivity contribution in [3.05, 3.63) is 13.2 Å². The summed E-state index contributed by atoms with van der Waals surface area (Å²) in [5.74, 6) is 0. The number of aliphatic hydroxyl groups is 2. The fourth-order valence-corrected chi connectivity index (χ4v) is 0. The molecule has 3 heteroatoms. The van der Waals surface area contributed by atoms with Crippen LogP contribution in [0.15, 0.2) is 13.2 Å². The summed E-state index contributed by atoms with van der Waals surface area (Å²) in [6.45, 7) is 7.75. The predicted octanol–water partition coefficient (Wildman–Crippen LogP) is -0.210. The molecule has 1 fully saturated rings. The zero-order valence-electron chi connectivity index (χ0n) is 5.55. The van der Waals surface area contributed by atoms with Crippen LogP contribution in [0, 0.1) is 0 Å². The van der Waals surface area contributed by atoms with Crippen LogP contribution in [0.25, 0.3) is 0 Å². The van der Waals surface area contributed by atoms with Gasteiger partial charge in [-0.05, 0) is 0 Å². The lowest BCUT2D eigenvalue weighted by atomic mass is 10.8. The molecule has 0 aromatic heterocycles. The summed E-state index contributed by atoms with van der Waals surface area (Å²) in [4.78, 5) is 0. The van der Waals surface area contributed by atoms with Crippen molar-refractivity contribution < 1.29 is 14.9 Å². The van der Waals surface area contributed by atoms with E-state index in [9.17, 15) is 0 Å². The molecule has 1 rings (SSSR count). The van der Waals surface area contributed by atoms with Crippen LogP contribution in [0.5, 0.6) is 0 Å². The number of ether oxygens (including phenoxy) is 1. The molecular weight excluding hydrogens is 120 g/mol. The Labute approximate surface area is 55.6 Å². The summed E-state index contributed by atoms with van der Waals surface area (Å²) in [6.07, 6.45) is 0. The summed E-state index contributed by atoms with van der Waals surface area (Å²) < 4.78 is 4.50. The van der Waals surface area contributed by atoms with Gasteiger partial charge in [-0.25, -0.2) is 0 Å². The van der Waals surface area contributed by atoms with Crippen molar-refractivity contribution in [3.8, 4) is 0 Å². The van der Waals surface area contributed by atoms with Gasteiger partial charge >= 0.3 is 0 Å². The van der Waals surface area contributed by atoms with E-state index in [4.69, 9.17) is 10.2 Å². The Bertz CT molecular complexity index is 32.5. The highest BCUT2D eigenvalue weighted by Crippen LogP contribution is 1.84. The molecule has 0 amide bonds. The van der Waals surface area contributed by atoms with Gasteiger partial charge in [-0.15, -0.1) is 13.2 Å². The molecule has 0 aromatic carbocycles. The molecule has 1 heterocycles. The van der Waals surface area contributed by atoms with Gasteiger partial charge in [-0.2, -0.15) is 0 Å². The van der Waals surface area contributed by atoms with Gasteiger partial charge in [0.25, 0.3) is 0 Å². The minimum absolute atomic E-state index is 0.125. The van der Waals surface area contributed by atoms with E-state index in [0.717, 1.165) is 13.2 Å². The summed E-state index contributed by atoms with van der Waals surface area (Å²) in [7, 11) is 0. The van der Waals surface area contributed by atoms with Crippen LogP contribution >= 0.6 is 0 Å². The second-order valence-corrected chi connectivity index (χ2v) is 1.06. The Hall–Kier alpha value is -0.380. The molecule has 0 unspecified atom stereocenters. The maximum absolute atomic E-state index is 7.62. The molecule has 0 radical (unpaired) electrons. The minimum Gasteiger partial charge on any atom is -0.394 e. The van der Waals surface area contributed by atoms with Crippen molar-refractivity contribution in [1.29, 1.82) is 0 Å². The molecule has 0 aromatic rings. The quantitative estimate of drug-likeness (QED) is 0.385. The largest absolute Gasteiger partial charge is 0.394 e. The highest BCUT2D eigenvalue weighted by molar-refractivity contribution is 4.36. The molecule has 0 aliphatic carbocycles. The first-order chi connectivity index (χ1) is 4.41. The van der Waals surface area contributed by atoms with E-state index in [1.54, 1.807) is 0 Å². The Morgan fingerprint density at radius 3 is 1.33 bits per heavy atom. The lowest BCUT2D eigenvalue weighted by molar-refractivity contribution is 0.186. The third-order valence-corrected chi connectivity index (χ3v) is 0.304. The third kappa shape index (κ3) is 91.7. The van der Waals surface area contributed by atoms with Gasteiger partial charge in [0.05, 0.1) is 26.4 Å². The first kappa shape index (κ1) is 11.4. The van der Waals surface area contributed by atoms with E-state index < -0.39 is 0 Å².